The highest BCUT2D eigenvalue weighted by Gasteiger charge is 2.12. The van der Waals surface area contributed by atoms with Gasteiger partial charge in [-0.15, -0.1) is 0 Å². The maximum Gasteiger partial charge on any atom is 0.371 e. The first kappa shape index (κ1) is 27.4. The van der Waals surface area contributed by atoms with E-state index in [-0.39, 0.29) is 35.8 Å². The van der Waals surface area contributed by atoms with E-state index >= 15 is 0 Å². The van der Waals surface area contributed by atoms with Crippen LogP contribution in [-0.4, -0.2) is 24.5 Å². The van der Waals surface area contributed by atoms with Crippen LogP contribution in [0.4, 0.5) is 8.78 Å². The molecule has 0 amide bonds. The van der Waals surface area contributed by atoms with E-state index in [0.29, 0.717) is 11.1 Å². The Hall–Kier alpha value is -5.23. The highest BCUT2D eigenvalue weighted by atomic mass is 19.1. The molecule has 192 valence electrons. The maximum absolute atomic E-state index is 14.3. The maximum atomic E-state index is 14.3. The zero-order chi connectivity index (χ0) is 27.5. The predicted octanol–water partition coefficient (Wildman–Crippen LogP) is 5.29. The minimum atomic E-state index is -1.24. The van der Waals surface area contributed by atoms with Crippen LogP contribution in [-0.2, 0) is 14.3 Å². The standard InChI is InChI=1S/C29H20F2O7/c1-3-35-27(32)16-17-36-26-15-8-21(18-25(26)31)5-4-20-6-11-23(12-7-20)38-29(34)22-9-13-24(14-10-22)37-28(33)19(2)30/h3,6-15,18H,1-2,16-17H2. The van der Waals surface area contributed by atoms with Crippen LogP contribution in [0, 0.1) is 17.7 Å². The SMILES string of the molecule is C=COC(=O)CCOc1ccc(C#Cc2ccc(OC(=O)c3ccc(OC(=O)C(=C)F)cc3)cc2)cc1F. The second-order valence-corrected chi connectivity index (χ2v) is 7.38. The van der Waals surface area contributed by atoms with Crippen LogP contribution in [0.25, 0.3) is 0 Å². The Kier molecular flexibility index (Phi) is 9.49. The van der Waals surface area contributed by atoms with E-state index in [9.17, 15) is 23.2 Å². The van der Waals surface area contributed by atoms with Gasteiger partial charge in [-0.2, -0.15) is 4.39 Å². The Labute approximate surface area is 216 Å². The summed E-state index contributed by atoms with van der Waals surface area (Å²) in [4.78, 5) is 34.8. The molecule has 0 N–H and O–H groups in total. The molecule has 3 rings (SSSR count). The Morgan fingerprint density at radius 2 is 1.47 bits per heavy atom. The number of halogens is 2. The van der Waals surface area contributed by atoms with E-state index in [1.165, 1.54) is 36.4 Å². The third kappa shape index (κ3) is 8.17. The van der Waals surface area contributed by atoms with E-state index in [1.807, 2.05) is 0 Å². The Balaban J connectivity index is 1.55. The largest absolute Gasteiger partial charge is 0.490 e. The zero-order valence-corrected chi connectivity index (χ0v) is 19.9. The Morgan fingerprint density at radius 1 is 0.868 bits per heavy atom. The van der Waals surface area contributed by atoms with E-state index in [4.69, 9.17) is 14.2 Å². The number of esters is 3. The van der Waals surface area contributed by atoms with E-state index in [0.717, 1.165) is 6.26 Å². The molecule has 3 aromatic rings. The fraction of sp³-hybridized carbons (Fsp3) is 0.0690. The molecule has 0 aromatic heterocycles. The molecule has 0 atom stereocenters. The summed E-state index contributed by atoms with van der Waals surface area (Å²) in [6.07, 6.45) is 0.954. The van der Waals surface area contributed by atoms with Gasteiger partial charge >= 0.3 is 17.9 Å². The third-order valence-corrected chi connectivity index (χ3v) is 4.65. The molecule has 0 aliphatic rings. The second-order valence-electron chi connectivity index (χ2n) is 7.38. The normalized spacial score (nSPS) is 9.84. The van der Waals surface area contributed by atoms with Crippen molar-refractivity contribution >= 4 is 17.9 Å². The molecule has 0 saturated carbocycles. The van der Waals surface area contributed by atoms with Gasteiger partial charge in [0.15, 0.2) is 11.6 Å². The van der Waals surface area contributed by atoms with Crippen molar-refractivity contribution in [2.45, 2.75) is 6.42 Å². The summed E-state index contributed by atoms with van der Waals surface area (Å²) in [5.41, 5.74) is 1.17. The van der Waals surface area contributed by atoms with Gasteiger partial charge in [0.05, 0.1) is 24.9 Å². The first-order chi connectivity index (χ1) is 18.2. The average molecular weight is 518 g/mol. The highest BCUT2D eigenvalue weighted by molar-refractivity contribution is 5.91. The number of ether oxygens (including phenoxy) is 4. The third-order valence-electron chi connectivity index (χ3n) is 4.65. The van der Waals surface area contributed by atoms with Crippen molar-refractivity contribution in [2.24, 2.45) is 0 Å². The molecule has 3 aromatic carbocycles. The number of benzene rings is 3. The predicted molar refractivity (Wildman–Crippen MR) is 133 cm³/mol. The summed E-state index contributed by atoms with van der Waals surface area (Å²) < 4.78 is 46.8. The molecule has 0 aliphatic heterocycles. The second kappa shape index (κ2) is 13.2. The molecular weight excluding hydrogens is 498 g/mol. The molecule has 0 saturated heterocycles. The smallest absolute Gasteiger partial charge is 0.371 e. The summed E-state index contributed by atoms with van der Waals surface area (Å²) in [5.74, 6) is 1.70. The topological polar surface area (TPSA) is 88.1 Å². The summed E-state index contributed by atoms with van der Waals surface area (Å²) >= 11 is 0. The lowest BCUT2D eigenvalue weighted by atomic mass is 10.1. The number of carbonyl (C=O) groups is 3. The fourth-order valence-corrected chi connectivity index (χ4v) is 2.83. The van der Waals surface area contributed by atoms with Gasteiger partial charge in [0, 0.05) is 11.1 Å². The van der Waals surface area contributed by atoms with E-state index < -0.39 is 29.6 Å². The summed E-state index contributed by atoms with van der Waals surface area (Å²) in [5, 5.41) is 0. The molecule has 0 aliphatic carbocycles. The van der Waals surface area contributed by atoms with Crippen LogP contribution in [0.2, 0.25) is 0 Å². The summed E-state index contributed by atoms with van der Waals surface area (Å²) in [7, 11) is 0. The zero-order valence-electron chi connectivity index (χ0n) is 19.9. The van der Waals surface area contributed by atoms with Crippen LogP contribution < -0.4 is 14.2 Å². The molecule has 7 nitrogen and oxygen atoms in total. The lowest BCUT2D eigenvalue weighted by Gasteiger charge is -2.06. The molecule has 38 heavy (non-hydrogen) atoms. The quantitative estimate of drug-likeness (QED) is 0.125. The molecule has 0 spiro atoms. The summed E-state index contributed by atoms with van der Waals surface area (Å²) in [6, 6.07) is 15.9. The van der Waals surface area contributed by atoms with Gasteiger partial charge in [-0.05, 0) is 66.7 Å². The number of carbonyl (C=O) groups excluding carboxylic acids is 3. The lowest BCUT2D eigenvalue weighted by molar-refractivity contribution is -0.138. The lowest BCUT2D eigenvalue weighted by Crippen LogP contribution is -2.10. The molecule has 9 heteroatoms. The number of hydrogen-bond donors (Lipinski definition) is 0. The molecule has 0 unspecified atom stereocenters. The molecule has 0 fully saturated rings. The van der Waals surface area contributed by atoms with Crippen molar-refractivity contribution in [1.82, 2.24) is 0 Å². The van der Waals surface area contributed by atoms with E-state index in [1.54, 1.807) is 30.3 Å². The van der Waals surface area contributed by atoms with Gasteiger partial charge < -0.3 is 18.9 Å². The molecule has 0 bridgehead atoms. The molecule has 0 heterocycles. The van der Waals surface area contributed by atoms with Crippen molar-refractivity contribution in [3.05, 3.63) is 114 Å². The number of hydrogen-bond acceptors (Lipinski definition) is 7. The van der Waals surface area contributed by atoms with Gasteiger partial charge in [-0.3, -0.25) is 4.79 Å². The van der Waals surface area contributed by atoms with Gasteiger partial charge in [0.2, 0.25) is 5.83 Å². The van der Waals surface area contributed by atoms with Crippen LogP contribution >= 0.6 is 0 Å². The van der Waals surface area contributed by atoms with Crippen LogP contribution in [0.15, 0.2) is 92.0 Å². The van der Waals surface area contributed by atoms with Crippen LogP contribution in [0.1, 0.15) is 27.9 Å². The van der Waals surface area contributed by atoms with Gasteiger partial charge in [-0.1, -0.05) is 25.0 Å². The number of rotatable bonds is 9. The monoisotopic (exact) mass is 518 g/mol. The van der Waals surface area contributed by atoms with Crippen molar-refractivity contribution in [3.8, 4) is 29.1 Å². The van der Waals surface area contributed by atoms with Gasteiger partial charge in [0.25, 0.3) is 0 Å². The van der Waals surface area contributed by atoms with Crippen molar-refractivity contribution in [1.29, 1.82) is 0 Å². The minimum absolute atomic E-state index is 0.0190. The summed E-state index contributed by atoms with van der Waals surface area (Å²) in [6.45, 7) is 6.06. The van der Waals surface area contributed by atoms with Crippen LogP contribution in [0.5, 0.6) is 17.2 Å². The minimum Gasteiger partial charge on any atom is -0.490 e. The Morgan fingerprint density at radius 3 is 2.11 bits per heavy atom. The Bertz CT molecular complexity index is 1420. The van der Waals surface area contributed by atoms with Gasteiger partial charge in [0.1, 0.15) is 11.5 Å². The molecular formula is C29H20F2O7. The van der Waals surface area contributed by atoms with E-state index in [2.05, 4.69) is 29.7 Å². The highest BCUT2D eigenvalue weighted by Crippen LogP contribution is 2.19. The average Bonchev–Trinajstić information content (AvgIpc) is 2.90. The van der Waals surface area contributed by atoms with Crippen molar-refractivity contribution in [2.75, 3.05) is 6.61 Å². The van der Waals surface area contributed by atoms with Gasteiger partial charge in [-0.25, -0.2) is 14.0 Å². The molecule has 0 radical (unpaired) electrons. The first-order valence-electron chi connectivity index (χ1n) is 11.0. The first-order valence-corrected chi connectivity index (χ1v) is 11.0. The fourth-order valence-electron chi connectivity index (χ4n) is 2.83. The van der Waals surface area contributed by atoms with Crippen molar-refractivity contribution < 1.29 is 42.1 Å². The van der Waals surface area contributed by atoms with Crippen LogP contribution in [0.3, 0.4) is 0 Å². The van der Waals surface area contributed by atoms with Crippen molar-refractivity contribution in [3.63, 3.8) is 0 Å².